The summed E-state index contributed by atoms with van der Waals surface area (Å²) in [6, 6.07) is 11.1. The molecule has 3 heteroatoms. The van der Waals surface area contributed by atoms with Gasteiger partial charge in [-0.1, -0.05) is 30.3 Å². The summed E-state index contributed by atoms with van der Waals surface area (Å²) in [6.45, 7) is 3.38. The van der Waals surface area contributed by atoms with E-state index >= 15 is 0 Å². The Kier molecular flexibility index (Phi) is 3.21. The zero-order valence-corrected chi connectivity index (χ0v) is 10.5. The third kappa shape index (κ3) is 2.21. The van der Waals surface area contributed by atoms with Gasteiger partial charge >= 0.3 is 0 Å². The number of rotatable bonds is 3. The molecule has 1 saturated heterocycles. The summed E-state index contributed by atoms with van der Waals surface area (Å²) in [4.78, 5) is 2.54. The molecule has 1 aromatic rings. The van der Waals surface area contributed by atoms with E-state index in [9.17, 15) is 0 Å². The van der Waals surface area contributed by atoms with Crippen molar-refractivity contribution >= 4 is 0 Å². The smallest absolute Gasteiger partial charge is 0.176 e. The lowest BCUT2D eigenvalue weighted by molar-refractivity contribution is 0.294. The van der Waals surface area contributed by atoms with E-state index in [-0.39, 0.29) is 0 Å². The van der Waals surface area contributed by atoms with Crippen molar-refractivity contribution in [2.45, 2.75) is 25.4 Å². The SMILES string of the molecule is N#CNC1CCC2CN(Cc3ccccc3)CC21. The molecule has 94 valence electrons. The summed E-state index contributed by atoms with van der Waals surface area (Å²) in [6.07, 6.45) is 4.56. The number of benzene rings is 1. The summed E-state index contributed by atoms with van der Waals surface area (Å²) in [5.41, 5.74) is 1.39. The van der Waals surface area contributed by atoms with Gasteiger partial charge in [0.1, 0.15) is 0 Å². The monoisotopic (exact) mass is 241 g/mol. The van der Waals surface area contributed by atoms with Crippen LogP contribution in [-0.4, -0.2) is 24.0 Å². The highest BCUT2D eigenvalue weighted by Crippen LogP contribution is 2.38. The van der Waals surface area contributed by atoms with Crippen LogP contribution < -0.4 is 5.32 Å². The molecule has 0 radical (unpaired) electrons. The average Bonchev–Trinajstić information content (AvgIpc) is 2.93. The lowest BCUT2D eigenvalue weighted by atomic mass is 9.98. The number of likely N-dealkylation sites (tertiary alicyclic amines) is 1. The summed E-state index contributed by atoms with van der Waals surface area (Å²) in [5.74, 6) is 1.47. The molecule has 0 aromatic heterocycles. The van der Waals surface area contributed by atoms with Gasteiger partial charge < -0.3 is 5.32 Å². The first-order valence-electron chi connectivity index (χ1n) is 6.77. The molecule has 1 heterocycles. The molecule has 1 aliphatic carbocycles. The molecule has 2 aliphatic rings. The van der Waals surface area contributed by atoms with E-state index in [0.29, 0.717) is 12.0 Å². The first-order chi connectivity index (χ1) is 8.86. The van der Waals surface area contributed by atoms with Crippen LogP contribution in [0.4, 0.5) is 0 Å². The molecule has 0 amide bonds. The Bertz CT molecular complexity index is 437. The van der Waals surface area contributed by atoms with Gasteiger partial charge in [-0.15, -0.1) is 0 Å². The number of nitrogens with one attached hydrogen (secondary N) is 1. The standard InChI is InChI=1S/C15H19N3/c16-11-17-15-7-6-13-9-18(10-14(13)15)8-12-4-2-1-3-5-12/h1-5,13-15,17H,6-10H2. The minimum Gasteiger partial charge on any atom is -0.320 e. The second kappa shape index (κ2) is 4.99. The van der Waals surface area contributed by atoms with Gasteiger partial charge in [-0.05, 0) is 30.2 Å². The molecule has 3 atom stereocenters. The fourth-order valence-electron chi connectivity index (χ4n) is 3.59. The summed E-state index contributed by atoms with van der Waals surface area (Å²) in [7, 11) is 0. The van der Waals surface area contributed by atoms with Crippen molar-refractivity contribution in [2.75, 3.05) is 13.1 Å². The van der Waals surface area contributed by atoms with E-state index in [1.807, 2.05) is 0 Å². The van der Waals surface area contributed by atoms with Crippen molar-refractivity contribution in [1.29, 1.82) is 5.26 Å². The van der Waals surface area contributed by atoms with Crippen LogP contribution in [0, 0.1) is 23.3 Å². The largest absolute Gasteiger partial charge is 0.320 e. The Balaban J connectivity index is 1.61. The molecule has 0 bridgehead atoms. The normalized spacial score (nSPS) is 30.9. The van der Waals surface area contributed by atoms with Crippen molar-refractivity contribution in [1.82, 2.24) is 10.2 Å². The van der Waals surface area contributed by atoms with Crippen molar-refractivity contribution < 1.29 is 0 Å². The van der Waals surface area contributed by atoms with Gasteiger partial charge in [0, 0.05) is 25.7 Å². The molecule has 1 aliphatic heterocycles. The predicted octanol–water partition coefficient (Wildman–Crippen LogP) is 1.97. The molecule has 1 N–H and O–H groups in total. The van der Waals surface area contributed by atoms with Crippen molar-refractivity contribution in [3.8, 4) is 6.19 Å². The van der Waals surface area contributed by atoms with E-state index in [4.69, 9.17) is 5.26 Å². The molecule has 18 heavy (non-hydrogen) atoms. The van der Waals surface area contributed by atoms with E-state index in [2.05, 4.69) is 46.7 Å². The summed E-state index contributed by atoms with van der Waals surface area (Å²) < 4.78 is 0. The molecule has 1 saturated carbocycles. The second-order valence-electron chi connectivity index (χ2n) is 5.54. The van der Waals surface area contributed by atoms with Crippen LogP contribution >= 0.6 is 0 Å². The van der Waals surface area contributed by atoms with E-state index in [1.54, 1.807) is 0 Å². The number of hydrogen-bond acceptors (Lipinski definition) is 3. The van der Waals surface area contributed by atoms with Crippen molar-refractivity contribution in [2.24, 2.45) is 11.8 Å². The maximum atomic E-state index is 8.77. The molecule has 1 aromatic carbocycles. The number of hydrogen-bond donors (Lipinski definition) is 1. The van der Waals surface area contributed by atoms with E-state index in [0.717, 1.165) is 19.0 Å². The fraction of sp³-hybridized carbons (Fsp3) is 0.533. The van der Waals surface area contributed by atoms with Crippen LogP contribution in [0.1, 0.15) is 18.4 Å². The minimum absolute atomic E-state index is 0.417. The highest BCUT2D eigenvalue weighted by atomic mass is 15.2. The topological polar surface area (TPSA) is 39.1 Å². The van der Waals surface area contributed by atoms with Gasteiger partial charge in [0.2, 0.25) is 0 Å². The van der Waals surface area contributed by atoms with Crippen LogP contribution in [0.5, 0.6) is 0 Å². The zero-order chi connectivity index (χ0) is 12.4. The molecular weight excluding hydrogens is 222 g/mol. The maximum absolute atomic E-state index is 8.77. The van der Waals surface area contributed by atoms with Gasteiger partial charge in [0.15, 0.2) is 6.19 Å². The van der Waals surface area contributed by atoms with E-state index < -0.39 is 0 Å². The van der Waals surface area contributed by atoms with Crippen molar-refractivity contribution in [3.63, 3.8) is 0 Å². The van der Waals surface area contributed by atoms with Crippen LogP contribution in [0.15, 0.2) is 30.3 Å². The summed E-state index contributed by atoms with van der Waals surface area (Å²) in [5, 5.41) is 11.8. The Labute approximate surface area is 108 Å². The highest BCUT2D eigenvalue weighted by Gasteiger charge is 2.42. The Morgan fingerprint density at radius 1 is 1.22 bits per heavy atom. The van der Waals surface area contributed by atoms with E-state index in [1.165, 1.54) is 24.9 Å². The van der Waals surface area contributed by atoms with Crippen LogP contribution in [-0.2, 0) is 6.54 Å². The zero-order valence-electron chi connectivity index (χ0n) is 10.5. The molecular formula is C15H19N3. The van der Waals surface area contributed by atoms with Gasteiger partial charge in [-0.3, -0.25) is 4.90 Å². The third-order valence-electron chi connectivity index (χ3n) is 4.43. The van der Waals surface area contributed by atoms with Gasteiger partial charge in [-0.25, -0.2) is 0 Å². The Hall–Kier alpha value is -1.53. The predicted molar refractivity (Wildman–Crippen MR) is 70.5 cm³/mol. The minimum atomic E-state index is 0.417. The molecule has 3 rings (SSSR count). The van der Waals surface area contributed by atoms with Gasteiger partial charge in [0.05, 0.1) is 0 Å². The van der Waals surface area contributed by atoms with Crippen LogP contribution in [0.2, 0.25) is 0 Å². The Morgan fingerprint density at radius 2 is 2.06 bits per heavy atom. The average molecular weight is 241 g/mol. The quantitative estimate of drug-likeness (QED) is 0.649. The fourth-order valence-corrected chi connectivity index (χ4v) is 3.59. The Morgan fingerprint density at radius 3 is 2.83 bits per heavy atom. The highest BCUT2D eigenvalue weighted by molar-refractivity contribution is 5.15. The molecule has 3 nitrogen and oxygen atoms in total. The molecule has 0 spiro atoms. The molecule has 3 unspecified atom stereocenters. The lowest BCUT2D eigenvalue weighted by Crippen LogP contribution is -2.32. The second-order valence-corrected chi connectivity index (χ2v) is 5.54. The molecule has 2 fully saturated rings. The summed E-state index contributed by atoms with van der Waals surface area (Å²) >= 11 is 0. The van der Waals surface area contributed by atoms with Gasteiger partial charge in [0.25, 0.3) is 0 Å². The number of nitriles is 1. The van der Waals surface area contributed by atoms with Gasteiger partial charge in [-0.2, -0.15) is 5.26 Å². The number of fused-ring (bicyclic) bond motifs is 1. The van der Waals surface area contributed by atoms with Crippen LogP contribution in [0.25, 0.3) is 0 Å². The number of nitrogens with zero attached hydrogens (tertiary/aromatic N) is 2. The first kappa shape index (κ1) is 11.6. The third-order valence-corrected chi connectivity index (χ3v) is 4.43. The first-order valence-corrected chi connectivity index (χ1v) is 6.77. The lowest BCUT2D eigenvalue weighted by Gasteiger charge is -2.19. The maximum Gasteiger partial charge on any atom is 0.176 e. The van der Waals surface area contributed by atoms with Crippen molar-refractivity contribution in [3.05, 3.63) is 35.9 Å². The van der Waals surface area contributed by atoms with Crippen LogP contribution in [0.3, 0.4) is 0 Å².